The number of carbonyl (C=O) groups is 1. The highest BCUT2D eigenvalue weighted by atomic mass is 19.1. The van der Waals surface area contributed by atoms with Crippen molar-refractivity contribution in [3.63, 3.8) is 0 Å². The van der Waals surface area contributed by atoms with Crippen LogP contribution in [-0.2, 0) is 4.79 Å². The van der Waals surface area contributed by atoms with Gasteiger partial charge >= 0.3 is 0 Å². The van der Waals surface area contributed by atoms with Crippen molar-refractivity contribution in [2.75, 3.05) is 37.7 Å². The van der Waals surface area contributed by atoms with E-state index in [2.05, 4.69) is 0 Å². The van der Waals surface area contributed by atoms with Gasteiger partial charge in [0.1, 0.15) is 11.6 Å². The molecule has 0 spiro atoms. The van der Waals surface area contributed by atoms with Gasteiger partial charge in [-0.15, -0.1) is 0 Å². The monoisotopic (exact) mass is 390 g/mol. The van der Waals surface area contributed by atoms with Crippen LogP contribution in [0.1, 0.15) is 0 Å². The summed E-state index contributed by atoms with van der Waals surface area (Å²) < 4.78 is 19.8. The largest absolute Gasteiger partial charge is 0.483 e. The number of nitrogens with zero attached hydrogens (tertiary/aromatic N) is 2. The SMILES string of the molecule is O=C(COc1ccccc1-c1ccccc1)N1CCN(c2ccccc2F)CC1. The first kappa shape index (κ1) is 19.0. The summed E-state index contributed by atoms with van der Waals surface area (Å²) in [5, 5.41) is 0. The maximum Gasteiger partial charge on any atom is 0.260 e. The van der Waals surface area contributed by atoms with Gasteiger partial charge in [0.05, 0.1) is 5.69 Å². The van der Waals surface area contributed by atoms with E-state index in [0.29, 0.717) is 37.6 Å². The molecule has 0 aromatic heterocycles. The predicted molar refractivity (Wildman–Crippen MR) is 113 cm³/mol. The number of anilines is 1. The highest BCUT2D eigenvalue weighted by molar-refractivity contribution is 5.79. The van der Waals surface area contributed by atoms with E-state index in [1.54, 1.807) is 17.0 Å². The standard InChI is InChI=1S/C24H23FN2O2/c25-21-11-5-6-12-22(21)26-14-16-27(17-15-26)24(28)18-29-23-13-7-4-10-20(23)19-8-2-1-3-9-19/h1-13H,14-18H2. The maximum atomic E-state index is 14.0. The number of piperazine rings is 1. The first-order valence-electron chi connectivity index (χ1n) is 9.77. The molecule has 0 aliphatic carbocycles. The van der Waals surface area contributed by atoms with Crippen LogP contribution in [0.5, 0.6) is 5.75 Å². The molecule has 29 heavy (non-hydrogen) atoms. The van der Waals surface area contributed by atoms with E-state index in [9.17, 15) is 9.18 Å². The summed E-state index contributed by atoms with van der Waals surface area (Å²) in [7, 11) is 0. The zero-order chi connectivity index (χ0) is 20.1. The van der Waals surface area contributed by atoms with E-state index in [1.807, 2.05) is 65.6 Å². The molecule has 4 rings (SSSR count). The second kappa shape index (κ2) is 8.78. The van der Waals surface area contributed by atoms with Gasteiger partial charge in [-0.25, -0.2) is 4.39 Å². The molecule has 1 aliphatic rings. The minimum atomic E-state index is -0.229. The number of amides is 1. The molecule has 0 N–H and O–H groups in total. The van der Waals surface area contributed by atoms with Crippen LogP contribution in [0.4, 0.5) is 10.1 Å². The molecule has 5 heteroatoms. The van der Waals surface area contributed by atoms with E-state index in [0.717, 1.165) is 11.1 Å². The maximum absolute atomic E-state index is 14.0. The molecule has 1 heterocycles. The number of ether oxygens (including phenoxy) is 1. The lowest BCUT2D eigenvalue weighted by molar-refractivity contribution is -0.133. The number of hydrogen-bond donors (Lipinski definition) is 0. The van der Waals surface area contributed by atoms with Crippen molar-refractivity contribution in [1.29, 1.82) is 0 Å². The first-order chi connectivity index (χ1) is 14.2. The van der Waals surface area contributed by atoms with E-state index in [1.165, 1.54) is 6.07 Å². The molecular formula is C24H23FN2O2. The second-order valence-corrected chi connectivity index (χ2v) is 6.97. The van der Waals surface area contributed by atoms with Crippen molar-refractivity contribution in [3.05, 3.63) is 84.7 Å². The number of benzene rings is 3. The number of halogens is 1. The summed E-state index contributed by atoms with van der Waals surface area (Å²) in [4.78, 5) is 16.4. The number of hydrogen-bond acceptors (Lipinski definition) is 3. The number of rotatable bonds is 5. The molecule has 0 atom stereocenters. The summed E-state index contributed by atoms with van der Waals surface area (Å²) in [6, 6.07) is 24.4. The van der Waals surface area contributed by atoms with Gasteiger partial charge in [0.2, 0.25) is 0 Å². The van der Waals surface area contributed by atoms with Gasteiger partial charge < -0.3 is 14.5 Å². The van der Waals surface area contributed by atoms with E-state index < -0.39 is 0 Å². The Kier molecular flexibility index (Phi) is 5.75. The second-order valence-electron chi connectivity index (χ2n) is 6.97. The summed E-state index contributed by atoms with van der Waals surface area (Å²) in [6.07, 6.45) is 0. The van der Waals surface area contributed by atoms with E-state index in [4.69, 9.17) is 4.74 Å². The average molecular weight is 390 g/mol. The van der Waals surface area contributed by atoms with Gasteiger partial charge in [-0.2, -0.15) is 0 Å². The van der Waals surface area contributed by atoms with Crippen LogP contribution in [0.3, 0.4) is 0 Å². The minimum Gasteiger partial charge on any atom is -0.483 e. The van der Waals surface area contributed by atoms with Crippen LogP contribution >= 0.6 is 0 Å². The van der Waals surface area contributed by atoms with E-state index in [-0.39, 0.29) is 18.3 Å². The lowest BCUT2D eigenvalue weighted by Gasteiger charge is -2.36. The molecule has 1 saturated heterocycles. The normalized spacial score (nSPS) is 14.0. The number of para-hydroxylation sites is 2. The van der Waals surface area contributed by atoms with Gasteiger partial charge in [0, 0.05) is 31.7 Å². The smallest absolute Gasteiger partial charge is 0.260 e. The molecule has 1 aliphatic heterocycles. The Morgan fingerprint density at radius 3 is 2.24 bits per heavy atom. The van der Waals surface area contributed by atoms with Gasteiger partial charge in [-0.1, -0.05) is 60.7 Å². The fourth-order valence-electron chi connectivity index (χ4n) is 3.58. The Morgan fingerprint density at radius 1 is 0.828 bits per heavy atom. The first-order valence-corrected chi connectivity index (χ1v) is 9.77. The van der Waals surface area contributed by atoms with Crippen molar-refractivity contribution in [3.8, 4) is 16.9 Å². The summed E-state index contributed by atoms with van der Waals surface area (Å²) >= 11 is 0. The van der Waals surface area contributed by atoms with Crippen molar-refractivity contribution >= 4 is 11.6 Å². The Labute approximate surface area is 170 Å². The van der Waals surface area contributed by atoms with Crippen LogP contribution in [0.2, 0.25) is 0 Å². The summed E-state index contributed by atoms with van der Waals surface area (Å²) in [5.74, 6) is 0.409. The quantitative estimate of drug-likeness (QED) is 0.654. The van der Waals surface area contributed by atoms with Crippen molar-refractivity contribution < 1.29 is 13.9 Å². The Morgan fingerprint density at radius 2 is 1.48 bits per heavy atom. The molecule has 1 amide bonds. The molecule has 0 saturated carbocycles. The summed E-state index contributed by atoms with van der Waals surface area (Å²) in [5.41, 5.74) is 2.60. The lowest BCUT2D eigenvalue weighted by Crippen LogP contribution is -2.50. The van der Waals surface area contributed by atoms with Crippen LogP contribution in [0.25, 0.3) is 11.1 Å². The van der Waals surface area contributed by atoms with Gasteiger partial charge in [-0.3, -0.25) is 4.79 Å². The molecule has 3 aromatic carbocycles. The highest BCUT2D eigenvalue weighted by Gasteiger charge is 2.23. The third-order valence-corrected chi connectivity index (χ3v) is 5.15. The molecular weight excluding hydrogens is 367 g/mol. The molecule has 0 bridgehead atoms. The van der Waals surface area contributed by atoms with Gasteiger partial charge in [-0.05, 0) is 23.8 Å². The molecule has 148 valence electrons. The lowest BCUT2D eigenvalue weighted by atomic mass is 10.1. The minimum absolute atomic E-state index is 0.0104. The Balaban J connectivity index is 1.35. The summed E-state index contributed by atoms with van der Waals surface area (Å²) in [6.45, 7) is 2.30. The third-order valence-electron chi connectivity index (χ3n) is 5.15. The molecule has 1 fully saturated rings. The fourth-order valence-corrected chi connectivity index (χ4v) is 3.58. The van der Waals surface area contributed by atoms with Crippen molar-refractivity contribution in [1.82, 2.24) is 4.90 Å². The van der Waals surface area contributed by atoms with Crippen LogP contribution < -0.4 is 9.64 Å². The van der Waals surface area contributed by atoms with Gasteiger partial charge in [0.15, 0.2) is 6.61 Å². The zero-order valence-electron chi connectivity index (χ0n) is 16.1. The van der Waals surface area contributed by atoms with Crippen LogP contribution in [0, 0.1) is 5.82 Å². The number of carbonyl (C=O) groups excluding carboxylic acids is 1. The van der Waals surface area contributed by atoms with Gasteiger partial charge in [0.25, 0.3) is 5.91 Å². The fraction of sp³-hybridized carbons (Fsp3) is 0.208. The third kappa shape index (κ3) is 4.40. The molecule has 0 unspecified atom stereocenters. The zero-order valence-corrected chi connectivity index (χ0v) is 16.1. The topological polar surface area (TPSA) is 32.8 Å². The van der Waals surface area contributed by atoms with Crippen molar-refractivity contribution in [2.45, 2.75) is 0 Å². The Bertz CT molecular complexity index is 969. The molecule has 0 radical (unpaired) electrons. The van der Waals surface area contributed by atoms with Crippen LogP contribution in [-0.4, -0.2) is 43.6 Å². The van der Waals surface area contributed by atoms with E-state index >= 15 is 0 Å². The molecule has 3 aromatic rings. The van der Waals surface area contributed by atoms with Crippen LogP contribution in [0.15, 0.2) is 78.9 Å². The molecule has 4 nitrogen and oxygen atoms in total. The average Bonchev–Trinajstić information content (AvgIpc) is 2.79. The van der Waals surface area contributed by atoms with Crippen molar-refractivity contribution in [2.24, 2.45) is 0 Å². The Hall–Kier alpha value is -3.34. The highest BCUT2D eigenvalue weighted by Crippen LogP contribution is 2.29. The predicted octanol–water partition coefficient (Wildman–Crippen LogP) is 4.22.